The van der Waals surface area contributed by atoms with E-state index >= 15 is 0 Å². The van der Waals surface area contributed by atoms with Crippen LogP contribution in [-0.4, -0.2) is 36.5 Å². The Kier molecular flexibility index (Phi) is 5.34. The van der Waals surface area contributed by atoms with Crippen molar-refractivity contribution >= 4 is 0 Å². The normalized spacial score (nSPS) is 13.3. The van der Waals surface area contributed by atoms with Gasteiger partial charge in [0.05, 0.1) is 6.20 Å². The fourth-order valence-electron chi connectivity index (χ4n) is 1.47. The molecule has 0 aliphatic carbocycles. The summed E-state index contributed by atoms with van der Waals surface area (Å²) in [6.45, 7) is -0.186. The Morgan fingerprint density at radius 3 is 2.81 bits per heavy atom. The van der Waals surface area contributed by atoms with Crippen molar-refractivity contribution in [1.82, 2.24) is 15.1 Å². The summed E-state index contributed by atoms with van der Waals surface area (Å²) in [5.41, 5.74) is 1.03. The van der Waals surface area contributed by atoms with Crippen LogP contribution in [0.25, 0.3) is 0 Å². The predicted octanol–water partition coefficient (Wildman–Crippen LogP) is 1.35. The molecule has 0 fully saturated rings. The van der Waals surface area contributed by atoms with Gasteiger partial charge in [0.15, 0.2) is 0 Å². The highest BCUT2D eigenvalue weighted by Crippen LogP contribution is 2.15. The molecule has 1 N–H and O–H groups in total. The Morgan fingerprint density at radius 1 is 1.56 bits per heavy atom. The molecule has 1 atom stereocenters. The topological polar surface area (TPSA) is 39.1 Å². The first-order chi connectivity index (χ1) is 7.63. The number of rotatable bonds is 7. The van der Waals surface area contributed by atoms with Crippen molar-refractivity contribution in [2.45, 2.75) is 18.9 Å². The highest BCUT2D eigenvalue weighted by atomic mass is 19.3. The summed E-state index contributed by atoms with van der Waals surface area (Å²) in [7, 11) is 3.66. The number of hydrogen-bond acceptors (Lipinski definition) is 3. The van der Waals surface area contributed by atoms with E-state index in [9.17, 15) is 8.78 Å². The smallest absolute Gasteiger partial charge is 0.261 e. The molecule has 1 rings (SSSR count). The molecule has 0 aliphatic heterocycles. The van der Waals surface area contributed by atoms with Gasteiger partial charge in [0.2, 0.25) is 0 Å². The number of ether oxygens (including phenoxy) is 1. The number of aromatic nitrogens is 2. The molecule has 4 nitrogen and oxygen atoms in total. The van der Waals surface area contributed by atoms with Crippen molar-refractivity contribution in [3.63, 3.8) is 0 Å². The van der Waals surface area contributed by atoms with Crippen LogP contribution in [0.5, 0.6) is 0 Å². The number of alkyl halides is 2. The lowest BCUT2D eigenvalue weighted by molar-refractivity contribution is 0.0145. The molecule has 16 heavy (non-hydrogen) atoms. The van der Waals surface area contributed by atoms with E-state index in [-0.39, 0.29) is 6.04 Å². The van der Waals surface area contributed by atoms with Gasteiger partial charge in [0.25, 0.3) is 6.43 Å². The van der Waals surface area contributed by atoms with E-state index in [1.807, 2.05) is 20.3 Å². The molecule has 0 spiro atoms. The number of nitrogens with zero attached hydrogens (tertiary/aromatic N) is 2. The Morgan fingerprint density at radius 2 is 2.31 bits per heavy atom. The first kappa shape index (κ1) is 13.1. The maximum absolute atomic E-state index is 11.8. The van der Waals surface area contributed by atoms with E-state index in [2.05, 4.69) is 10.4 Å². The second-order valence-corrected chi connectivity index (χ2v) is 3.54. The van der Waals surface area contributed by atoms with Gasteiger partial charge in [0, 0.05) is 31.5 Å². The van der Waals surface area contributed by atoms with E-state index in [1.165, 1.54) is 0 Å². The Bertz CT molecular complexity index is 304. The number of hydrogen-bond donors (Lipinski definition) is 1. The van der Waals surface area contributed by atoms with Gasteiger partial charge in [0.1, 0.15) is 6.61 Å². The van der Waals surface area contributed by atoms with Crippen LogP contribution in [0.1, 0.15) is 18.0 Å². The standard InChI is InChI=1S/C10H17F2N3O/c1-13-9(3-4-16-7-10(11)12)8-5-14-15(2)6-8/h5-6,9-10,13H,3-4,7H2,1-2H3. The molecule has 6 heteroatoms. The minimum atomic E-state index is -2.40. The summed E-state index contributed by atoms with van der Waals surface area (Å²) in [5, 5.41) is 7.16. The predicted molar refractivity (Wildman–Crippen MR) is 56.4 cm³/mol. The zero-order chi connectivity index (χ0) is 12.0. The van der Waals surface area contributed by atoms with Crippen LogP contribution in [-0.2, 0) is 11.8 Å². The third-order valence-corrected chi connectivity index (χ3v) is 2.27. The average molecular weight is 233 g/mol. The Balaban J connectivity index is 2.32. The summed E-state index contributed by atoms with van der Waals surface area (Å²) >= 11 is 0. The van der Waals surface area contributed by atoms with Crippen LogP contribution < -0.4 is 5.32 Å². The van der Waals surface area contributed by atoms with Crippen LogP contribution in [0.3, 0.4) is 0 Å². The molecule has 1 heterocycles. The van der Waals surface area contributed by atoms with Crippen molar-refractivity contribution in [3.8, 4) is 0 Å². The van der Waals surface area contributed by atoms with E-state index in [0.29, 0.717) is 13.0 Å². The molecular weight excluding hydrogens is 216 g/mol. The number of aryl methyl sites for hydroxylation is 1. The van der Waals surface area contributed by atoms with E-state index in [1.54, 1.807) is 10.9 Å². The van der Waals surface area contributed by atoms with Crippen molar-refractivity contribution in [2.24, 2.45) is 7.05 Å². The van der Waals surface area contributed by atoms with Gasteiger partial charge in [-0.25, -0.2) is 8.78 Å². The molecule has 1 unspecified atom stereocenters. The van der Waals surface area contributed by atoms with Crippen LogP contribution in [0.15, 0.2) is 12.4 Å². The molecular formula is C10H17F2N3O. The average Bonchev–Trinajstić information content (AvgIpc) is 2.64. The van der Waals surface area contributed by atoms with Crippen LogP contribution in [0.4, 0.5) is 8.78 Å². The van der Waals surface area contributed by atoms with Gasteiger partial charge >= 0.3 is 0 Å². The number of halogens is 2. The molecule has 0 saturated heterocycles. The molecule has 1 aromatic heterocycles. The second-order valence-electron chi connectivity index (χ2n) is 3.54. The Labute approximate surface area is 93.6 Å². The molecule has 0 bridgehead atoms. The molecule has 0 saturated carbocycles. The van der Waals surface area contributed by atoms with Crippen molar-refractivity contribution in [2.75, 3.05) is 20.3 Å². The minimum absolute atomic E-state index is 0.0892. The van der Waals surface area contributed by atoms with Gasteiger partial charge in [-0.2, -0.15) is 5.10 Å². The van der Waals surface area contributed by atoms with Gasteiger partial charge in [-0.05, 0) is 13.5 Å². The minimum Gasteiger partial charge on any atom is -0.375 e. The zero-order valence-corrected chi connectivity index (χ0v) is 9.49. The van der Waals surface area contributed by atoms with E-state index in [0.717, 1.165) is 5.56 Å². The summed E-state index contributed by atoms with van der Waals surface area (Å²) in [4.78, 5) is 0. The summed E-state index contributed by atoms with van der Waals surface area (Å²) in [6, 6.07) is 0.0892. The molecule has 0 aromatic carbocycles. The van der Waals surface area contributed by atoms with Gasteiger partial charge in [-0.1, -0.05) is 0 Å². The SMILES string of the molecule is CNC(CCOCC(F)F)c1cnn(C)c1. The molecule has 0 aliphatic rings. The van der Waals surface area contributed by atoms with E-state index < -0.39 is 13.0 Å². The summed E-state index contributed by atoms with van der Waals surface area (Å²) in [6.07, 6.45) is 1.91. The van der Waals surface area contributed by atoms with Crippen LogP contribution in [0.2, 0.25) is 0 Å². The van der Waals surface area contributed by atoms with Crippen LogP contribution in [0, 0.1) is 0 Å². The summed E-state index contributed by atoms with van der Waals surface area (Å²) < 4.78 is 30.2. The summed E-state index contributed by atoms with van der Waals surface area (Å²) in [5.74, 6) is 0. The quantitative estimate of drug-likeness (QED) is 0.723. The maximum atomic E-state index is 11.8. The monoisotopic (exact) mass is 233 g/mol. The van der Waals surface area contributed by atoms with Crippen molar-refractivity contribution in [1.29, 1.82) is 0 Å². The molecule has 1 aromatic rings. The zero-order valence-electron chi connectivity index (χ0n) is 9.49. The fourth-order valence-corrected chi connectivity index (χ4v) is 1.47. The maximum Gasteiger partial charge on any atom is 0.261 e. The first-order valence-corrected chi connectivity index (χ1v) is 5.15. The Hall–Kier alpha value is -1.01. The van der Waals surface area contributed by atoms with Gasteiger partial charge in [-0.15, -0.1) is 0 Å². The van der Waals surface area contributed by atoms with Crippen LogP contribution >= 0.6 is 0 Å². The largest absolute Gasteiger partial charge is 0.375 e. The van der Waals surface area contributed by atoms with Crippen molar-refractivity contribution < 1.29 is 13.5 Å². The fraction of sp³-hybridized carbons (Fsp3) is 0.700. The lowest BCUT2D eigenvalue weighted by Gasteiger charge is -2.14. The number of nitrogens with one attached hydrogen (secondary N) is 1. The molecule has 0 amide bonds. The van der Waals surface area contributed by atoms with E-state index in [4.69, 9.17) is 4.74 Å². The third-order valence-electron chi connectivity index (χ3n) is 2.27. The molecule has 0 radical (unpaired) electrons. The lowest BCUT2D eigenvalue weighted by atomic mass is 10.1. The second kappa shape index (κ2) is 6.55. The third kappa shape index (κ3) is 4.24. The van der Waals surface area contributed by atoms with Gasteiger partial charge < -0.3 is 10.1 Å². The first-order valence-electron chi connectivity index (χ1n) is 5.15. The van der Waals surface area contributed by atoms with Crippen molar-refractivity contribution in [3.05, 3.63) is 18.0 Å². The van der Waals surface area contributed by atoms with Gasteiger partial charge in [-0.3, -0.25) is 4.68 Å². The highest BCUT2D eigenvalue weighted by Gasteiger charge is 2.11. The lowest BCUT2D eigenvalue weighted by Crippen LogP contribution is -2.18. The highest BCUT2D eigenvalue weighted by molar-refractivity contribution is 5.09. The molecule has 92 valence electrons.